The fourth-order valence-corrected chi connectivity index (χ4v) is 4.89. The summed E-state index contributed by atoms with van der Waals surface area (Å²) in [6.45, 7) is 10.4. The van der Waals surface area contributed by atoms with Crippen molar-refractivity contribution < 1.29 is 22.6 Å². The summed E-state index contributed by atoms with van der Waals surface area (Å²) in [4.78, 5) is 18.4. The molecule has 0 bridgehead atoms. The number of ether oxygens (including phenoxy) is 2. The van der Waals surface area contributed by atoms with Gasteiger partial charge in [-0.1, -0.05) is 0 Å². The number of aromatic nitrogens is 8. The predicted molar refractivity (Wildman–Crippen MR) is 148 cm³/mol. The average molecular weight is 581 g/mol. The molecule has 13 heteroatoms. The molecule has 1 saturated carbocycles. The highest BCUT2D eigenvalue weighted by molar-refractivity contribution is 5.78. The van der Waals surface area contributed by atoms with Crippen LogP contribution in [0.3, 0.4) is 0 Å². The van der Waals surface area contributed by atoms with Gasteiger partial charge in [-0.3, -0.25) is 9.67 Å². The molecule has 2 atom stereocenters. The molecular formula is C29H31F3N8O2. The summed E-state index contributed by atoms with van der Waals surface area (Å²) >= 11 is 0. The highest BCUT2D eigenvalue weighted by atomic mass is 19.4. The Morgan fingerprint density at radius 2 is 1.64 bits per heavy atom. The molecule has 5 aromatic rings. The second kappa shape index (κ2) is 9.63. The minimum absolute atomic E-state index is 0.00426. The van der Waals surface area contributed by atoms with E-state index in [-0.39, 0.29) is 17.8 Å². The predicted octanol–water partition coefficient (Wildman–Crippen LogP) is 6.12. The van der Waals surface area contributed by atoms with Gasteiger partial charge >= 0.3 is 12.2 Å². The Kier molecular flexibility index (Phi) is 6.39. The fourth-order valence-electron chi connectivity index (χ4n) is 4.89. The van der Waals surface area contributed by atoms with Crippen LogP contribution in [0.5, 0.6) is 11.9 Å². The zero-order chi connectivity index (χ0) is 30.0. The van der Waals surface area contributed by atoms with E-state index in [4.69, 9.17) is 14.5 Å². The van der Waals surface area contributed by atoms with Crippen molar-refractivity contribution in [2.24, 2.45) is 0 Å². The van der Waals surface area contributed by atoms with Gasteiger partial charge < -0.3 is 9.47 Å². The van der Waals surface area contributed by atoms with Crippen molar-refractivity contribution in [3.8, 4) is 23.1 Å². The van der Waals surface area contributed by atoms with Gasteiger partial charge in [-0.15, -0.1) is 0 Å². The van der Waals surface area contributed by atoms with Crippen LogP contribution in [0, 0.1) is 0 Å². The van der Waals surface area contributed by atoms with Crippen LogP contribution >= 0.6 is 0 Å². The van der Waals surface area contributed by atoms with E-state index < -0.39 is 23.9 Å². The number of alkyl halides is 3. The number of nitrogens with zero attached hydrogens (tertiary/aromatic N) is 8. The SMILES string of the molecule is CC(C)(C)Oc1ncc(-c2cc([C@@H]3C[C@@H]3c3cc4c(cn3)cnn4CC(F)(F)F)n3nccc3n2)c(OC(C)(C)C)n1. The third-order valence-corrected chi connectivity index (χ3v) is 6.62. The molecule has 42 heavy (non-hydrogen) atoms. The van der Waals surface area contributed by atoms with E-state index in [2.05, 4.69) is 25.1 Å². The number of rotatable bonds is 6. The van der Waals surface area contributed by atoms with Crippen LogP contribution in [0.25, 0.3) is 27.8 Å². The van der Waals surface area contributed by atoms with Gasteiger partial charge in [-0.25, -0.2) is 14.5 Å². The molecule has 1 aliphatic rings. The third-order valence-electron chi connectivity index (χ3n) is 6.62. The zero-order valence-corrected chi connectivity index (χ0v) is 24.1. The lowest BCUT2D eigenvalue weighted by Gasteiger charge is -2.24. The number of pyridine rings is 1. The molecule has 6 rings (SSSR count). The third kappa shape index (κ3) is 5.86. The van der Waals surface area contributed by atoms with Crippen molar-refractivity contribution in [2.75, 3.05) is 0 Å². The first-order valence-electron chi connectivity index (χ1n) is 13.6. The molecule has 1 aliphatic carbocycles. The lowest BCUT2D eigenvalue weighted by Crippen LogP contribution is -2.26. The molecule has 0 spiro atoms. The molecule has 0 saturated heterocycles. The van der Waals surface area contributed by atoms with Crippen molar-refractivity contribution in [2.45, 2.75) is 83.7 Å². The number of hydrogen-bond donors (Lipinski definition) is 0. The van der Waals surface area contributed by atoms with E-state index in [0.717, 1.165) is 16.8 Å². The Balaban J connectivity index is 1.37. The highest BCUT2D eigenvalue weighted by Gasteiger charge is 2.43. The first-order valence-corrected chi connectivity index (χ1v) is 13.6. The minimum atomic E-state index is -4.38. The average Bonchev–Trinajstić information content (AvgIpc) is 3.34. The summed E-state index contributed by atoms with van der Waals surface area (Å²) in [5.41, 5.74) is 2.81. The number of hydrogen-bond acceptors (Lipinski definition) is 8. The second-order valence-corrected chi connectivity index (χ2v) is 12.5. The quantitative estimate of drug-likeness (QED) is 0.237. The maximum atomic E-state index is 13.1. The summed E-state index contributed by atoms with van der Waals surface area (Å²) in [6.07, 6.45) is 2.69. The number of halogens is 3. The molecule has 0 amide bonds. The summed E-state index contributed by atoms with van der Waals surface area (Å²) in [5, 5.41) is 8.97. The largest absolute Gasteiger partial charge is 0.471 e. The van der Waals surface area contributed by atoms with Crippen molar-refractivity contribution >= 4 is 16.6 Å². The van der Waals surface area contributed by atoms with Gasteiger partial charge in [0.2, 0.25) is 5.88 Å². The van der Waals surface area contributed by atoms with Crippen molar-refractivity contribution in [3.63, 3.8) is 0 Å². The number of fused-ring (bicyclic) bond motifs is 2. The first kappa shape index (κ1) is 27.9. The monoisotopic (exact) mass is 580 g/mol. The molecule has 1 fully saturated rings. The fraction of sp³-hybridized carbons (Fsp3) is 0.448. The first-order chi connectivity index (χ1) is 19.6. The van der Waals surface area contributed by atoms with Crippen LogP contribution < -0.4 is 9.47 Å². The Morgan fingerprint density at radius 3 is 2.36 bits per heavy atom. The maximum Gasteiger partial charge on any atom is 0.408 e. The lowest BCUT2D eigenvalue weighted by molar-refractivity contribution is -0.141. The molecule has 220 valence electrons. The summed E-state index contributed by atoms with van der Waals surface area (Å²) < 4.78 is 54.2. The Bertz CT molecular complexity index is 1780. The van der Waals surface area contributed by atoms with Crippen LogP contribution in [0.1, 0.15) is 71.2 Å². The van der Waals surface area contributed by atoms with Gasteiger partial charge in [0.15, 0.2) is 5.65 Å². The molecule has 0 aliphatic heterocycles. The normalized spacial score (nSPS) is 17.6. The summed E-state index contributed by atoms with van der Waals surface area (Å²) in [6, 6.07) is 5.66. The summed E-state index contributed by atoms with van der Waals surface area (Å²) in [5.74, 6) is 0.362. The minimum Gasteiger partial charge on any atom is -0.471 e. The van der Waals surface area contributed by atoms with Gasteiger partial charge in [0, 0.05) is 41.4 Å². The van der Waals surface area contributed by atoms with Gasteiger partial charge in [-0.05, 0) is 60.1 Å². The van der Waals surface area contributed by atoms with E-state index in [1.165, 1.54) is 6.20 Å². The standard InChI is InChI=1S/C29H31F3N8O2/c1-27(2,3)41-25-19(14-34-26(38-25)42-28(4,5)6)21-11-23(40-24(37-21)7-8-35-40)18-9-17(18)20-10-22-16(12-33-20)13-36-39(22)15-29(30,31)32/h7-8,10-14,17-18H,9,15H2,1-6H3/t17-,18+/m0/s1. The van der Waals surface area contributed by atoms with Crippen LogP contribution in [0.15, 0.2) is 43.0 Å². The second-order valence-electron chi connectivity index (χ2n) is 12.5. The Hall–Kier alpha value is -4.29. The smallest absolute Gasteiger partial charge is 0.408 e. The van der Waals surface area contributed by atoms with Crippen molar-refractivity contribution in [3.05, 3.63) is 54.4 Å². The van der Waals surface area contributed by atoms with Crippen molar-refractivity contribution in [1.29, 1.82) is 0 Å². The molecule has 0 radical (unpaired) electrons. The molecule has 0 N–H and O–H groups in total. The lowest BCUT2D eigenvalue weighted by atomic mass is 10.1. The molecule has 5 heterocycles. The molecule has 5 aromatic heterocycles. The maximum absolute atomic E-state index is 13.1. The molecule has 0 unspecified atom stereocenters. The van der Waals surface area contributed by atoms with E-state index in [0.29, 0.717) is 39.4 Å². The summed E-state index contributed by atoms with van der Waals surface area (Å²) in [7, 11) is 0. The zero-order valence-electron chi connectivity index (χ0n) is 24.1. The van der Waals surface area contributed by atoms with E-state index in [1.807, 2.05) is 53.7 Å². The van der Waals surface area contributed by atoms with Gasteiger partial charge in [0.05, 0.1) is 34.9 Å². The van der Waals surface area contributed by atoms with E-state index >= 15 is 0 Å². The van der Waals surface area contributed by atoms with Crippen LogP contribution in [0.4, 0.5) is 13.2 Å². The topological polar surface area (TPSA) is 105 Å². The molecule has 10 nitrogen and oxygen atoms in total. The van der Waals surface area contributed by atoms with E-state index in [9.17, 15) is 13.2 Å². The Morgan fingerprint density at radius 1 is 0.881 bits per heavy atom. The van der Waals surface area contributed by atoms with Crippen molar-refractivity contribution in [1.82, 2.24) is 39.3 Å². The Labute approximate surface area is 239 Å². The van der Waals surface area contributed by atoms with Gasteiger partial charge in [-0.2, -0.15) is 28.4 Å². The van der Waals surface area contributed by atoms with E-state index in [1.54, 1.807) is 29.2 Å². The van der Waals surface area contributed by atoms with Gasteiger partial charge in [0.25, 0.3) is 0 Å². The molecular weight excluding hydrogens is 549 g/mol. The highest BCUT2D eigenvalue weighted by Crippen LogP contribution is 2.54. The van der Waals surface area contributed by atoms with Crippen LogP contribution in [-0.2, 0) is 6.54 Å². The van der Waals surface area contributed by atoms with Crippen LogP contribution in [-0.4, -0.2) is 56.7 Å². The van der Waals surface area contributed by atoms with Gasteiger partial charge in [0.1, 0.15) is 17.7 Å². The molecule has 0 aromatic carbocycles. The van der Waals surface area contributed by atoms with Crippen LogP contribution in [0.2, 0.25) is 0 Å².